The summed E-state index contributed by atoms with van der Waals surface area (Å²) in [6.07, 6.45) is 3.45. The number of hydrogen-bond donors (Lipinski definition) is 1. The van der Waals surface area contributed by atoms with Crippen LogP contribution in [0.2, 0.25) is 0 Å². The van der Waals surface area contributed by atoms with Gasteiger partial charge >= 0.3 is 0 Å². The van der Waals surface area contributed by atoms with E-state index in [1.165, 1.54) is 6.07 Å². The maximum atomic E-state index is 13.2. The van der Waals surface area contributed by atoms with E-state index in [0.29, 0.717) is 5.56 Å². The molecular formula is C12H11FN2. The van der Waals surface area contributed by atoms with Crippen LogP contribution in [0.1, 0.15) is 5.56 Å². The minimum absolute atomic E-state index is 0.208. The molecule has 15 heavy (non-hydrogen) atoms. The van der Waals surface area contributed by atoms with Gasteiger partial charge in [-0.2, -0.15) is 0 Å². The molecule has 0 unspecified atom stereocenters. The predicted octanol–water partition coefficient (Wildman–Crippen LogP) is 2.35. The summed E-state index contributed by atoms with van der Waals surface area (Å²) in [5.74, 6) is -0.259. The highest BCUT2D eigenvalue weighted by Crippen LogP contribution is 2.20. The van der Waals surface area contributed by atoms with Crippen molar-refractivity contribution in [3.8, 4) is 11.1 Å². The van der Waals surface area contributed by atoms with Crippen LogP contribution in [-0.4, -0.2) is 4.98 Å². The van der Waals surface area contributed by atoms with Crippen molar-refractivity contribution in [2.75, 3.05) is 0 Å². The molecule has 0 radical (unpaired) electrons. The van der Waals surface area contributed by atoms with Gasteiger partial charge in [0.25, 0.3) is 0 Å². The second-order valence-electron chi connectivity index (χ2n) is 3.25. The summed E-state index contributed by atoms with van der Waals surface area (Å²) in [6, 6.07) is 8.70. The normalized spacial score (nSPS) is 10.3. The van der Waals surface area contributed by atoms with Gasteiger partial charge < -0.3 is 5.73 Å². The number of halogens is 1. The molecule has 0 atom stereocenters. The van der Waals surface area contributed by atoms with Gasteiger partial charge in [-0.15, -0.1) is 0 Å². The van der Waals surface area contributed by atoms with Crippen molar-refractivity contribution in [1.82, 2.24) is 4.98 Å². The van der Waals surface area contributed by atoms with Crippen molar-refractivity contribution in [1.29, 1.82) is 0 Å². The number of hydrogen-bond acceptors (Lipinski definition) is 2. The average molecular weight is 202 g/mol. The number of pyridine rings is 1. The van der Waals surface area contributed by atoms with E-state index in [-0.39, 0.29) is 12.4 Å². The Labute approximate surface area is 87.6 Å². The molecule has 0 bridgehead atoms. The summed E-state index contributed by atoms with van der Waals surface area (Å²) < 4.78 is 13.2. The van der Waals surface area contributed by atoms with Crippen molar-refractivity contribution in [3.63, 3.8) is 0 Å². The molecule has 0 saturated carbocycles. The summed E-state index contributed by atoms with van der Waals surface area (Å²) in [5, 5.41) is 0. The topological polar surface area (TPSA) is 38.9 Å². The molecule has 1 heterocycles. The van der Waals surface area contributed by atoms with E-state index in [2.05, 4.69) is 4.98 Å². The van der Waals surface area contributed by atoms with Crippen LogP contribution < -0.4 is 5.73 Å². The van der Waals surface area contributed by atoms with Crippen LogP contribution in [0.15, 0.2) is 42.7 Å². The zero-order chi connectivity index (χ0) is 10.7. The molecule has 0 fully saturated rings. The summed E-state index contributed by atoms with van der Waals surface area (Å²) in [4.78, 5) is 4.01. The van der Waals surface area contributed by atoms with Gasteiger partial charge in [0.05, 0.1) is 0 Å². The van der Waals surface area contributed by atoms with Gasteiger partial charge in [0.2, 0.25) is 0 Å². The Morgan fingerprint density at radius 3 is 2.73 bits per heavy atom. The van der Waals surface area contributed by atoms with Gasteiger partial charge in [-0.05, 0) is 23.8 Å². The third-order valence-electron chi connectivity index (χ3n) is 2.26. The molecule has 2 rings (SSSR count). The number of aromatic nitrogens is 1. The Balaban J connectivity index is 2.46. The number of nitrogens with two attached hydrogens (primary N) is 1. The van der Waals surface area contributed by atoms with E-state index < -0.39 is 0 Å². The molecule has 1 aromatic heterocycles. The zero-order valence-electron chi connectivity index (χ0n) is 8.15. The van der Waals surface area contributed by atoms with Crippen LogP contribution in [0.4, 0.5) is 4.39 Å². The largest absolute Gasteiger partial charge is 0.326 e. The minimum atomic E-state index is -0.259. The summed E-state index contributed by atoms with van der Waals surface area (Å²) >= 11 is 0. The molecule has 2 N–H and O–H groups in total. The molecule has 0 aliphatic rings. The van der Waals surface area contributed by atoms with E-state index >= 15 is 0 Å². The first-order valence-electron chi connectivity index (χ1n) is 4.70. The first kappa shape index (κ1) is 9.80. The van der Waals surface area contributed by atoms with E-state index in [0.717, 1.165) is 11.1 Å². The van der Waals surface area contributed by atoms with Crippen molar-refractivity contribution >= 4 is 0 Å². The molecule has 0 amide bonds. The monoisotopic (exact) mass is 202 g/mol. The third kappa shape index (κ3) is 2.02. The first-order chi connectivity index (χ1) is 7.31. The molecular weight excluding hydrogens is 191 g/mol. The Morgan fingerprint density at radius 1 is 1.20 bits per heavy atom. The highest BCUT2D eigenvalue weighted by Gasteiger charge is 2.03. The summed E-state index contributed by atoms with van der Waals surface area (Å²) in [7, 11) is 0. The van der Waals surface area contributed by atoms with E-state index in [1.807, 2.05) is 12.1 Å². The maximum absolute atomic E-state index is 13.2. The molecule has 76 valence electrons. The number of rotatable bonds is 2. The average Bonchev–Trinajstić information content (AvgIpc) is 2.31. The van der Waals surface area contributed by atoms with Gasteiger partial charge in [0.15, 0.2) is 0 Å². The molecule has 1 aromatic carbocycles. The van der Waals surface area contributed by atoms with E-state index in [1.54, 1.807) is 24.5 Å². The Kier molecular flexibility index (Phi) is 2.74. The highest BCUT2D eigenvalue weighted by atomic mass is 19.1. The van der Waals surface area contributed by atoms with Crippen LogP contribution in [0, 0.1) is 5.82 Å². The fourth-order valence-electron chi connectivity index (χ4n) is 1.44. The van der Waals surface area contributed by atoms with Gasteiger partial charge in [-0.1, -0.05) is 12.1 Å². The first-order valence-corrected chi connectivity index (χ1v) is 4.70. The van der Waals surface area contributed by atoms with Gasteiger partial charge in [-0.3, -0.25) is 4.98 Å². The molecule has 0 aliphatic heterocycles. The Hall–Kier alpha value is -1.74. The smallest absolute Gasteiger partial charge is 0.127 e. The lowest BCUT2D eigenvalue weighted by Gasteiger charge is -2.04. The maximum Gasteiger partial charge on any atom is 0.127 e. The lowest BCUT2D eigenvalue weighted by molar-refractivity contribution is 0.611. The van der Waals surface area contributed by atoms with Gasteiger partial charge in [0, 0.05) is 30.1 Å². The Bertz CT molecular complexity index is 454. The van der Waals surface area contributed by atoms with Crippen molar-refractivity contribution in [3.05, 3.63) is 54.1 Å². The molecule has 3 heteroatoms. The second kappa shape index (κ2) is 4.19. The van der Waals surface area contributed by atoms with Crippen molar-refractivity contribution in [2.45, 2.75) is 6.54 Å². The standard InChI is InChI=1S/C12H11FN2/c13-12-4-3-9(6-11(12)7-14)10-2-1-5-15-8-10/h1-6,8H,7,14H2. The van der Waals surface area contributed by atoms with Gasteiger partial charge in [0.1, 0.15) is 5.82 Å². The molecule has 2 nitrogen and oxygen atoms in total. The second-order valence-corrected chi connectivity index (χ2v) is 3.25. The predicted molar refractivity (Wildman–Crippen MR) is 57.5 cm³/mol. The number of benzene rings is 1. The van der Waals surface area contributed by atoms with Crippen LogP contribution in [0.5, 0.6) is 0 Å². The van der Waals surface area contributed by atoms with Crippen LogP contribution in [-0.2, 0) is 6.54 Å². The van der Waals surface area contributed by atoms with Gasteiger partial charge in [-0.25, -0.2) is 4.39 Å². The minimum Gasteiger partial charge on any atom is -0.326 e. The third-order valence-corrected chi connectivity index (χ3v) is 2.26. The molecule has 0 spiro atoms. The summed E-state index contributed by atoms with van der Waals surface area (Å²) in [6.45, 7) is 0.208. The van der Waals surface area contributed by atoms with Crippen molar-refractivity contribution in [2.24, 2.45) is 5.73 Å². The SMILES string of the molecule is NCc1cc(-c2cccnc2)ccc1F. The highest BCUT2D eigenvalue weighted by molar-refractivity contribution is 5.63. The lowest BCUT2D eigenvalue weighted by atomic mass is 10.0. The molecule has 0 aliphatic carbocycles. The van der Waals surface area contributed by atoms with Crippen LogP contribution in [0.3, 0.4) is 0 Å². The fourth-order valence-corrected chi connectivity index (χ4v) is 1.44. The van der Waals surface area contributed by atoms with E-state index in [9.17, 15) is 4.39 Å². The summed E-state index contributed by atoms with van der Waals surface area (Å²) in [5.41, 5.74) is 7.87. The van der Waals surface area contributed by atoms with Crippen LogP contribution in [0.25, 0.3) is 11.1 Å². The molecule has 2 aromatic rings. The Morgan fingerprint density at radius 2 is 2.07 bits per heavy atom. The van der Waals surface area contributed by atoms with Crippen LogP contribution >= 0.6 is 0 Å². The molecule has 0 saturated heterocycles. The quantitative estimate of drug-likeness (QED) is 0.811. The zero-order valence-corrected chi connectivity index (χ0v) is 8.15. The van der Waals surface area contributed by atoms with Crippen molar-refractivity contribution < 1.29 is 4.39 Å². The number of nitrogens with zero attached hydrogens (tertiary/aromatic N) is 1. The van der Waals surface area contributed by atoms with E-state index in [4.69, 9.17) is 5.73 Å². The fraction of sp³-hybridized carbons (Fsp3) is 0.0833. The lowest BCUT2D eigenvalue weighted by Crippen LogP contribution is -1.99.